The number of fused-ring (bicyclic) bond motifs is 2. The van der Waals surface area contributed by atoms with E-state index in [4.69, 9.17) is 35.1 Å². The Kier molecular flexibility index (Phi) is 23.8. The minimum absolute atomic E-state index is 0.00671. The Hall–Kier alpha value is -9.60. The number of para-hydroxylation sites is 1. The van der Waals surface area contributed by atoms with Crippen molar-refractivity contribution >= 4 is 104 Å². The van der Waals surface area contributed by atoms with E-state index in [1.807, 2.05) is 53.1 Å². The minimum atomic E-state index is -1.95. The van der Waals surface area contributed by atoms with Crippen molar-refractivity contribution in [1.82, 2.24) is 35.3 Å². The molecule has 7 aliphatic rings. The van der Waals surface area contributed by atoms with E-state index < -0.39 is 114 Å². The molecule has 31 nitrogen and oxygen atoms in total. The third-order valence-electron chi connectivity index (χ3n) is 21.7. The number of nitrogens with one attached hydrogen (secondary N) is 4. The number of carboxylic acids is 3. The normalized spacial score (nSPS) is 26.1. The molecule has 4 bridgehead atoms. The molecule has 6 amide bonds. The molecule has 3 aliphatic heterocycles. The number of aryl methyl sites for hydroxylation is 1. The second kappa shape index (κ2) is 32.5. The predicted octanol–water partition coefficient (Wildman–Crippen LogP) is 5.93. The number of amides is 6. The Morgan fingerprint density at radius 3 is 2.23 bits per heavy atom. The molecule has 107 heavy (non-hydrogen) atoms. The van der Waals surface area contributed by atoms with Crippen LogP contribution < -0.4 is 31.9 Å². The molecular weight excluding hydrogens is 1400 g/mol. The summed E-state index contributed by atoms with van der Waals surface area (Å²) in [5.41, 5.74) is 8.38. The van der Waals surface area contributed by atoms with Gasteiger partial charge in [0.2, 0.25) is 23.6 Å². The number of piperidine rings is 1. The number of aliphatic hydroxyl groups is 3. The maximum Gasteiger partial charge on any atom is 0.410 e. The van der Waals surface area contributed by atoms with Crippen LogP contribution in [-0.2, 0) is 72.1 Å². The lowest BCUT2D eigenvalue weighted by Gasteiger charge is -2.69. The molecule has 4 unspecified atom stereocenters. The van der Waals surface area contributed by atoms with Crippen LogP contribution in [0.3, 0.4) is 0 Å². The Morgan fingerprint density at radius 1 is 0.794 bits per heavy atom. The van der Waals surface area contributed by atoms with Crippen LogP contribution in [0.15, 0.2) is 77.6 Å². The van der Waals surface area contributed by atoms with Gasteiger partial charge in [0.1, 0.15) is 48.6 Å². The lowest BCUT2D eigenvalue weighted by atomic mass is 9.39. The summed E-state index contributed by atoms with van der Waals surface area (Å²) < 4.78 is 21.5. The highest BCUT2D eigenvalue weighted by atomic mass is 32.1. The number of aliphatic imine (C=N–C) groups is 1. The fourth-order valence-corrected chi connectivity index (χ4v) is 18.5. The highest BCUT2D eigenvalue weighted by molar-refractivity contribution is 7.22. The number of pyridine rings is 1. The molecule has 2 saturated heterocycles. The lowest BCUT2D eigenvalue weighted by molar-refractivity contribution is -0.248. The number of benzene rings is 2. The van der Waals surface area contributed by atoms with Crippen molar-refractivity contribution in [2.24, 2.45) is 44.7 Å². The van der Waals surface area contributed by atoms with Gasteiger partial charge in [0.15, 0.2) is 16.9 Å². The monoisotopic (exact) mass is 1500 g/mol. The number of ether oxygens (including phenoxy) is 3. The first-order chi connectivity index (χ1) is 50.7. The summed E-state index contributed by atoms with van der Waals surface area (Å²) in [5, 5.41) is 77.8. The molecule has 574 valence electrons. The van der Waals surface area contributed by atoms with Crippen molar-refractivity contribution < 1.29 is 92.8 Å². The number of aromatic nitrogens is 4. The van der Waals surface area contributed by atoms with Crippen molar-refractivity contribution in [3.63, 3.8) is 0 Å². The minimum Gasteiger partial charge on any atom is -0.481 e. The highest BCUT2D eigenvalue weighted by Gasteiger charge is 2.66. The van der Waals surface area contributed by atoms with Gasteiger partial charge in [0.25, 0.3) is 5.91 Å². The number of carbonyl (C=O) groups is 10. The smallest absolute Gasteiger partial charge is 0.410 e. The molecule has 12 rings (SSSR count). The van der Waals surface area contributed by atoms with Crippen LogP contribution in [0.4, 0.5) is 21.4 Å². The summed E-state index contributed by atoms with van der Waals surface area (Å²) >= 11 is 1.39. The largest absolute Gasteiger partial charge is 0.481 e. The zero-order valence-corrected chi connectivity index (χ0v) is 61.5. The Bertz CT molecular complexity index is 4270. The van der Waals surface area contributed by atoms with Gasteiger partial charge < -0.3 is 76.3 Å². The molecule has 4 saturated carbocycles. The van der Waals surface area contributed by atoms with E-state index in [9.17, 15) is 73.5 Å². The van der Waals surface area contributed by atoms with Crippen LogP contribution in [0.2, 0.25) is 0 Å². The fourth-order valence-electron chi connectivity index (χ4n) is 17.6. The van der Waals surface area contributed by atoms with Crippen LogP contribution in [0.5, 0.6) is 0 Å². The first-order valence-corrected chi connectivity index (χ1v) is 37.0. The average Bonchev–Trinajstić information content (AvgIpc) is 0.854. The number of anilines is 3. The van der Waals surface area contributed by atoms with Crippen LogP contribution >= 0.6 is 11.3 Å². The van der Waals surface area contributed by atoms with Gasteiger partial charge >= 0.3 is 24.0 Å². The van der Waals surface area contributed by atoms with Gasteiger partial charge in [0, 0.05) is 111 Å². The number of Topliss-reactive ketones (excluding diaryl/α,β-unsaturated/α-hetero) is 1. The Labute approximate surface area is 621 Å². The fraction of sp³-hybridized carbons (Fsp3) is 0.547. The number of aliphatic carboxylic acids is 2. The van der Waals surface area contributed by atoms with Crippen LogP contribution in [0, 0.1) is 40.9 Å². The Balaban J connectivity index is 0.746. The van der Waals surface area contributed by atoms with E-state index >= 15 is 0 Å². The van der Waals surface area contributed by atoms with Crippen molar-refractivity contribution in [3.8, 4) is 11.1 Å². The molecular formula is C75H94N12O19S. The first kappa shape index (κ1) is 78.5. The lowest BCUT2D eigenvalue weighted by Crippen LogP contribution is -2.64. The van der Waals surface area contributed by atoms with Crippen molar-refractivity contribution in [1.29, 1.82) is 0 Å². The number of hydrogen-bond acceptors (Lipinski definition) is 22. The van der Waals surface area contributed by atoms with E-state index in [1.165, 1.54) is 35.3 Å². The number of hydrogen-bond donors (Lipinski definition) is 11. The van der Waals surface area contributed by atoms with Crippen molar-refractivity contribution in [2.45, 2.75) is 193 Å². The number of aliphatic hydroxyl groups excluding tert-OH is 3. The number of primary amides is 1. The van der Waals surface area contributed by atoms with Gasteiger partial charge in [-0.25, -0.2) is 24.4 Å². The molecule has 0 radical (unpaired) electrons. The third kappa shape index (κ3) is 18.3. The summed E-state index contributed by atoms with van der Waals surface area (Å²) in [6.45, 7) is 12.3. The molecule has 4 aliphatic carbocycles. The molecule has 12 N–H and O–H groups in total. The summed E-state index contributed by atoms with van der Waals surface area (Å²) in [6.07, 6.45) is -0.416. The molecule has 6 heterocycles. The van der Waals surface area contributed by atoms with Crippen molar-refractivity contribution in [2.75, 3.05) is 48.3 Å². The van der Waals surface area contributed by atoms with E-state index in [0.29, 0.717) is 71.3 Å². The molecule has 6 fully saturated rings. The maximum atomic E-state index is 14.3. The highest BCUT2D eigenvalue weighted by Crippen LogP contribution is 2.72. The standard InChI is InChI=1S/C75H94N12O19S/c1-40(2)59(83-57(90)19-14-47(88)15-20-58(91)92)67(98)79-41(3)65(96)80-46-13-11-45(43(27-46)12-17-53-61(93)62(94)63(95)64(106-53)69(101)102)32-104-71(103)85(24-22-55(76)89)25-26-105-75-36-72(5)33-73(6,37-75)35-74(34-72,38-75)39-87-42(4)49(30-78-87)48-16-18-56(82-60(48)68(99)100)86-23-21-44-28-77-29-50(51(44)31-86)66(97)84-70-81-52-9-7-8-10-54(52)107-70/h7-11,13,16,18,27-30,40-41,44,51,53,59,61-64,93-95H,12,14-15,17,19-26,31-39H2,1-6H3,(H2,76,89)(H,79,98)(H,80,96)(H,83,90)(H,91,92)(H,99,100)(H,101,102)(H,81,84,97)/t41-,44?,51?,53-,59-,61-,62+,63-,64-,72?,73?,74?,75?/m0/s1. The van der Waals surface area contributed by atoms with Gasteiger partial charge in [-0.3, -0.25) is 48.6 Å². The second-order valence-electron chi connectivity index (χ2n) is 30.8. The zero-order valence-electron chi connectivity index (χ0n) is 60.7. The summed E-state index contributed by atoms with van der Waals surface area (Å²) in [6, 6.07) is 13.5. The van der Waals surface area contributed by atoms with E-state index in [1.54, 1.807) is 38.4 Å². The van der Waals surface area contributed by atoms with Gasteiger partial charge in [-0.05, 0) is 141 Å². The van der Waals surface area contributed by atoms with Gasteiger partial charge in [-0.1, -0.05) is 57.2 Å². The maximum absolute atomic E-state index is 14.3. The molecule has 2 aromatic carbocycles. The van der Waals surface area contributed by atoms with Gasteiger partial charge in [-0.15, -0.1) is 0 Å². The second-order valence-corrected chi connectivity index (χ2v) is 31.9. The molecule has 5 aromatic rings. The van der Waals surface area contributed by atoms with Crippen LogP contribution in [-0.4, -0.2) is 202 Å². The quantitative estimate of drug-likeness (QED) is 0.0238. The summed E-state index contributed by atoms with van der Waals surface area (Å²) in [7, 11) is 0. The van der Waals surface area contributed by atoms with Gasteiger partial charge in [-0.2, -0.15) is 5.10 Å². The number of thiazole rings is 1. The van der Waals surface area contributed by atoms with Crippen molar-refractivity contribution in [3.05, 3.63) is 95.1 Å². The third-order valence-corrected chi connectivity index (χ3v) is 22.6. The van der Waals surface area contributed by atoms with Crippen LogP contribution in [0.25, 0.3) is 21.3 Å². The first-order valence-electron chi connectivity index (χ1n) is 36.2. The summed E-state index contributed by atoms with van der Waals surface area (Å²) in [5.74, 6) is -7.63. The SMILES string of the molecule is Cc1c(-c2ccc(N3CCC4C=NC=C(C(=O)Nc5nc6ccccc6s5)C4C3)nc2C(=O)O)cnn1CC12CC3(C)CC(C)(C1)CC(OCCN(CCC(N)=O)C(=O)OCc1ccc(NC(=O)[C@H](C)NC(=O)[C@@H](NC(=O)CCC(=O)CCC(=O)O)C(C)C)cc1CC[C@@H]1O[C@H](C(=O)O)[C@@H](O)[C@H](O)[C@H]1O)(C3)C2. The van der Waals surface area contributed by atoms with Crippen LogP contribution in [0.1, 0.15) is 145 Å². The van der Waals surface area contributed by atoms with E-state index in [-0.39, 0.29) is 110 Å². The molecule has 0 spiro atoms. The summed E-state index contributed by atoms with van der Waals surface area (Å²) in [4.78, 5) is 146. The van der Waals surface area contributed by atoms with E-state index in [0.717, 1.165) is 48.0 Å². The topological polar surface area (TPSA) is 456 Å². The number of nitrogens with zero attached hydrogens (tertiary/aromatic N) is 7. The number of carboxylic acid groups (broad SMARTS) is 3. The number of carbonyl (C=O) groups excluding carboxylic acids is 7. The number of ketones is 1. The predicted molar refractivity (Wildman–Crippen MR) is 390 cm³/mol. The molecule has 11 atom stereocenters. The number of rotatable bonds is 32. The Morgan fingerprint density at radius 2 is 1.53 bits per heavy atom. The molecule has 32 heteroatoms. The van der Waals surface area contributed by atoms with Gasteiger partial charge in [0.05, 0.1) is 41.1 Å². The number of aromatic carboxylic acids is 1. The average molecular weight is 1500 g/mol. The zero-order chi connectivity index (χ0) is 77.0. The van der Waals surface area contributed by atoms with E-state index in [2.05, 4.69) is 45.1 Å². The molecule has 3 aromatic heterocycles. The number of nitrogens with two attached hydrogens (primary N) is 1.